The van der Waals surface area contributed by atoms with Crippen molar-refractivity contribution in [3.8, 4) is 0 Å². The largest absolute Gasteiger partial charge is 0.329 e. The molecule has 2 N–H and O–H groups in total. The third-order valence-electron chi connectivity index (χ3n) is 1.69. The maximum absolute atomic E-state index is 5.41. The zero-order chi connectivity index (χ0) is 8.97. The minimum absolute atomic E-state index is 0.656. The van der Waals surface area contributed by atoms with Gasteiger partial charge in [0.15, 0.2) is 0 Å². The molecule has 0 bridgehead atoms. The smallest absolute Gasteiger partial charge is 0.0531 e. The number of nitrogens with two attached hydrogens (primary N) is 1. The molecule has 0 aliphatic rings. The van der Waals surface area contributed by atoms with Gasteiger partial charge in [-0.15, -0.1) is 0 Å². The normalized spacial score (nSPS) is 11.0. The molecule has 1 heterocycles. The maximum atomic E-state index is 5.41. The third-order valence-corrected chi connectivity index (χ3v) is 1.69. The summed E-state index contributed by atoms with van der Waals surface area (Å²) in [4.78, 5) is 0. The Morgan fingerprint density at radius 2 is 2.33 bits per heavy atom. The Labute approximate surface area is 73.6 Å². The molecule has 3 nitrogen and oxygen atoms in total. The molecule has 12 heavy (non-hydrogen) atoms. The number of rotatable bonds is 4. The van der Waals surface area contributed by atoms with E-state index < -0.39 is 0 Å². The molecule has 0 saturated carbocycles. The number of nitrogens with zero attached hydrogens (tertiary/aromatic N) is 2. The van der Waals surface area contributed by atoms with Gasteiger partial charge in [0.05, 0.1) is 12.7 Å². The standard InChI is InChI=1S/C9H17N3/c1-8(2)5-9-6-11-12(7-9)4-3-10/h6-8H,3-5,10H2,1-2H3. The van der Waals surface area contributed by atoms with Gasteiger partial charge in [-0.2, -0.15) is 5.10 Å². The fourth-order valence-corrected chi connectivity index (χ4v) is 1.24. The summed E-state index contributed by atoms with van der Waals surface area (Å²) in [6.45, 7) is 5.89. The summed E-state index contributed by atoms with van der Waals surface area (Å²) in [6, 6.07) is 0. The summed E-state index contributed by atoms with van der Waals surface area (Å²) in [7, 11) is 0. The molecule has 68 valence electrons. The van der Waals surface area contributed by atoms with Crippen molar-refractivity contribution in [3.63, 3.8) is 0 Å². The van der Waals surface area contributed by atoms with Crippen molar-refractivity contribution in [3.05, 3.63) is 18.0 Å². The molecule has 0 aliphatic heterocycles. The SMILES string of the molecule is CC(C)Cc1cnn(CCN)c1. The van der Waals surface area contributed by atoms with Crippen molar-refractivity contribution in [1.29, 1.82) is 0 Å². The van der Waals surface area contributed by atoms with Crippen molar-refractivity contribution >= 4 is 0 Å². The van der Waals surface area contributed by atoms with Crippen LogP contribution in [-0.2, 0) is 13.0 Å². The first-order chi connectivity index (χ1) is 5.72. The first kappa shape index (κ1) is 9.26. The molecule has 0 unspecified atom stereocenters. The van der Waals surface area contributed by atoms with Crippen LogP contribution in [0.15, 0.2) is 12.4 Å². The average molecular weight is 167 g/mol. The highest BCUT2D eigenvalue weighted by molar-refractivity contribution is 5.04. The Morgan fingerprint density at radius 1 is 1.58 bits per heavy atom. The van der Waals surface area contributed by atoms with Crippen LogP contribution in [0.2, 0.25) is 0 Å². The molecule has 0 atom stereocenters. The Balaban J connectivity index is 2.52. The van der Waals surface area contributed by atoms with E-state index in [-0.39, 0.29) is 0 Å². The fraction of sp³-hybridized carbons (Fsp3) is 0.667. The number of hydrogen-bond donors (Lipinski definition) is 1. The molecule has 0 aliphatic carbocycles. The van der Waals surface area contributed by atoms with Crippen LogP contribution in [0, 0.1) is 5.92 Å². The molecule has 0 fully saturated rings. The Kier molecular flexibility index (Phi) is 3.29. The molecule has 0 radical (unpaired) electrons. The van der Waals surface area contributed by atoms with E-state index in [0.29, 0.717) is 12.5 Å². The minimum atomic E-state index is 0.656. The number of hydrogen-bond acceptors (Lipinski definition) is 2. The predicted octanol–water partition coefficient (Wildman–Crippen LogP) is 1.04. The van der Waals surface area contributed by atoms with Crippen molar-refractivity contribution in [2.45, 2.75) is 26.8 Å². The van der Waals surface area contributed by atoms with Gasteiger partial charge >= 0.3 is 0 Å². The Morgan fingerprint density at radius 3 is 2.92 bits per heavy atom. The van der Waals surface area contributed by atoms with Crippen LogP contribution >= 0.6 is 0 Å². The van der Waals surface area contributed by atoms with Crippen LogP contribution in [0.5, 0.6) is 0 Å². The van der Waals surface area contributed by atoms with Gasteiger partial charge in [0.25, 0.3) is 0 Å². The van der Waals surface area contributed by atoms with Gasteiger partial charge in [-0.3, -0.25) is 4.68 Å². The summed E-state index contributed by atoms with van der Waals surface area (Å²) in [5.41, 5.74) is 6.71. The minimum Gasteiger partial charge on any atom is -0.329 e. The lowest BCUT2D eigenvalue weighted by Crippen LogP contribution is -2.09. The maximum Gasteiger partial charge on any atom is 0.0531 e. The van der Waals surface area contributed by atoms with Crippen molar-refractivity contribution in [2.24, 2.45) is 11.7 Å². The number of aromatic nitrogens is 2. The highest BCUT2D eigenvalue weighted by atomic mass is 15.3. The lowest BCUT2D eigenvalue weighted by Gasteiger charge is -1.99. The summed E-state index contributed by atoms with van der Waals surface area (Å²) >= 11 is 0. The van der Waals surface area contributed by atoms with Gasteiger partial charge in [0.2, 0.25) is 0 Å². The quantitative estimate of drug-likeness (QED) is 0.728. The van der Waals surface area contributed by atoms with Gasteiger partial charge in [0, 0.05) is 12.7 Å². The van der Waals surface area contributed by atoms with Gasteiger partial charge in [0.1, 0.15) is 0 Å². The molecule has 0 aromatic carbocycles. The molecule has 1 rings (SSSR count). The average Bonchev–Trinajstić information content (AvgIpc) is 2.36. The van der Waals surface area contributed by atoms with Crippen LogP contribution in [0.25, 0.3) is 0 Å². The van der Waals surface area contributed by atoms with E-state index in [1.165, 1.54) is 5.56 Å². The van der Waals surface area contributed by atoms with Gasteiger partial charge in [-0.25, -0.2) is 0 Å². The molecule has 0 amide bonds. The Bertz CT molecular complexity index is 227. The third kappa shape index (κ3) is 2.66. The van der Waals surface area contributed by atoms with E-state index in [1.54, 1.807) is 0 Å². The van der Waals surface area contributed by atoms with Gasteiger partial charge in [-0.05, 0) is 17.9 Å². The van der Waals surface area contributed by atoms with E-state index in [0.717, 1.165) is 13.0 Å². The topological polar surface area (TPSA) is 43.8 Å². The monoisotopic (exact) mass is 167 g/mol. The van der Waals surface area contributed by atoms with Crippen LogP contribution < -0.4 is 5.73 Å². The fourth-order valence-electron chi connectivity index (χ4n) is 1.24. The first-order valence-electron chi connectivity index (χ1n) is 4.43. The van der Waals surface area contributed by atoms with Crippen LogP contribution in [0.4, 0.5) is 0 Å². The highest BCUT2D eigenvalue weighted by Crippen LogP contribution is 2.05. The van der Waals surface area contributed by atoms with E-state index >= 15 is 0 Å². The van der Waals surface area contributed by atoms with Gasteiger partial charge < -0.3 is 5.73 Å². The lowest BCUT2D eigenvalue weighted by molar-refractivity contribution is 0.620. The van der Waals surface area contributed by atoms with E-state index in [4.69, 9.17) is 5.73 Å². The summed E-state index contributed by atoms with van der Waals surface area (Å²) < 4.78 is 1.90. The van der Waals surface area contributed by atoms with Crippen LogP contribution in [0.1, 0.15) is 19.4 Å². The van der Waals surface area contributed by atoms with E-state index in [2.05, 4.69) is 25.1 Å². The molecular weight excluding hydrogens is 150 g/mol. The highest BCUT2D eigenvalue weighted by Gasteiger charge is 2.00. The van der Waals surface area contributed by atoms with E-state index in [9.17, 15) is 0 Å². The van der Waals surface area contributed by atoms with Crippen LogP contribution in [0.3, 0.4) is 0 Å². The lowest BCUT2D eigenvalue weighted by atomic mass is 10.1. The zero-order valence-corrected chi connectivity index (χ0v) is 7.83. The molecule has 0 spiro atoms. The summed E-state index contributed by atoms with van der Waals surface area (Å²) in [6.07, 6.45) is 5.10. The molecule has 0 saturated heterocycles. The van der Waals surface area contributed by atoms with Gasteiger partial charge in [-0.1, -0.05) is 13.8 Å². The molecule has 3 heteroatoms. The van der Waals surface area contributed by atoms with Crippen molar-refractivity contribution < 1.29 is 0 Å². The molecular formula is C9H17N3. The predicted molar refractivity (Wildman–Crippen MR) is 49.8 cm³/mol. The van der Waals surface area contributed by atoms with E-state index in [1.807, 2.05) is 10.9 Å². The first-order valence-corrected chi connectivity index (χ1v) is 4.43. The second-order valence-corrected chi connectivity index (χ2v) is 3.50. The second kappa shape index (κ2) is 4.26. The Hall–Kier alpha value is -0.830. The summed E-state index contributed by atoms with van der Waals surface area (Å²) in [5, 5.41) is 4.20. The molecule has 1 aromatic heterocycles. The summed E-state index contributed by atoms with van der Waals surface area (Å²) in [5.74, 6) is 0.695. The van der Waals surface area contributed by atoms with Crippen LogP contribution in [-0.4, -0.2) is 16.3 Å². The molecule has 1 aromatic rings. The zero-order valence-electron chi connectivity index (χ0n) is 7.83. The van der Waals surface area contributed by atoms with Crippen molar-refractivity contribution in [1.82, 2.24) is 9.78 Å². The van der Waals surface area contributed by atoms with Crippen molar-refractivity contribution in [2.75, 3.05) is 6.54 Å². The second-order valence-electron chi connectivity index (χ2n) is 3.50.